The van der Waals surface area contributed by atoms with Crippen molar-refractivity contribution in [1.29, 1.82) is 0 Å². The molecule has 2 rings (SSSR count). The van der Waals surface area contributed by atoms with E-state index >= 15 is 0 Å². The second kappa shape index (κ2) is 6.31. The molecule has 0 aliphatic rings. The molecule has 0 saturated heterocycles. The molecule has 110 valence electrons. The lowest BCUT2D eigenvalue weighted by Gasteiger charge is -2.14. The van der Waals surface area contributed by atoms with Gasteiger partial charge < -0.3 is 15.0 Å². The SMILES string of the molecule is COc1ccc(C)cc1NC(=O)c1cccc(N(C)C)c1. The number of methoxy groups -OCH3 is 1. The highest BCUT2D eigenvalue weighted by Crippen LogP contribution is 2.26. The Morgan fingerprint density at radius 1 is 1.14 bits per heavy atom. The van der Waals surface area contributed by atoms with Crippen LogP contribution in [0, 0.1) is 6.92 Å². The van der Waals surface area contributed by atoms with Gasteiger partial charge in [-0.25, -0.2) is 0 Å². The summed E-state index contributed by atoms with van der Waals surface area (Å²) in [5, 5.41) is 2.90. The number of benzene rings is 2. The largest absolute Gasteiger partial charge is 0.495 e. The Balaban J connectivity index is 2.26. The molecular formula is C17H20N2O2. The van der Waals surface area contributed by atoms with E-state index in [9.17, 15) is 4.79 Å². The van der Waals surface area contributed by atoms with Gasteiger partial charge in [0.15, 0.2) is 0 Å². The van der Waals surface area contributed by atoms with Gasteiger partial charge in [-0.05, 0) is 42.8 Å². The third kappa shape index (κ3) is 3.54. The molecule has 0 unspecified atom stereocenters. The molecule has 1 amide bonds. The van der Waals surface area contributed by atoms with Crippen LogP contribution in [0.2, 0.25) is 0 Å². The number of carbonyl (C=O) groups is 1. The van der Waals surface area contributed by atoms with E-state index in [1.165, 1.54) is 0 Å². The number of amides is 1. The van der Waals surface area contributed by atoms with E-state index in [-0.39, 0.29) is 5.91 Å². The Hall–Kier alpha value is -2.49. The Kier molecular flexibility index (Phi) is 4.48. The summed E-state index contributed by atoms with van der Waals surface area (Å²) in [6, 6.07) is 13.2. The fourth-order valence-corrected chi connectivity index (χ4v) is 2.04. The van der Waals surface area contributed by atoms with Crippen molar-refractivity contribution < 1.29 is 9.53 Å². The van der Waals surface area contributed by atoms with E-state index in [2.05, 4.69) is 5.32 Å². The summed E-state index contributed by atoms with van der Waals surface area (Å²) < 4.78 is 5.28. The standard InChI is InChI=1S/C17H20N2O2/c1-12-8-9-16(21-4)15(10-12)18-17(20)13-6-5-7-14(11-13)19(2)3/h5-11H,1-4H3,(H,18,20). The maximum absolute atomic E-state index is 12.4. The molecule has 0 aromatic heterocycles. The fourth-order valence-electron chi connectivity index (χ4n) is 2.04. The molecule has 0 atom stereocenters. The van der Waals surface area contributed by atoms with E-state index in [0.29, 0.717) is 17.0 Å². The maximum atomic E-state index is 12.4. The Labute approximate surface area is 125 Å². The topological polar surface area (TPSA) is 41.6 Å². The molecule has 0 spiro atoms. The summed E-state index contributed by atoms with van der Waals surface area (Å²) in [4.78, 5) is 14.3. The Morgan fingerprint density at radius 2 is 1.90 bits per heavy atom. The van der Waals surface area contributed by atoms with E-state index in [0.717, 1.165) is 11.3 Å². The minimum atomic E-state index is -0.150. The lowest BCUT2D eigenvalue weighted by Crippen LogP contribution is -2.14. The second-order valence-electron chi connectivity index (χ2n) is 5.10. The van der Waals surface area contributed by atoms with Crippen LogP contribution < -0.4 is 15.0 Å². The number of hydrogen-bond acceptors (Lipinski definition) is 3. The van der Waals surface area contributed by atoms with Crippen LogP contribution in [0.4, 0.5) is 11.4 Å². The molecular weight excluding hydrogens is 264 g/mol. The van der Waals surface area contributed by atoms with Gasteiger partial charge in [-0.15, -0.1) is 0 Å². The molecule has 1 N–H and O–H groups in total. The van der Waals surface area contributed by atoms with Gasteiger partial charge in [0.25, 0.3) is 5.91 Å². The van der Waals surface area contributed by atoms with Crippen LogP contribution in [0.15, 0.2) is 42.5 Å². The number of ether oxygens (including phenoxy) is 1. The molecule has 0 fully saturated rings. The zero-order chi connectivity index (χ0) is 15.4. The number of hydrogen-bond donors (Lipinski definition) is 1. The summed E-state index contributed by atoms with van der Waals surface area (Å²) >= 11 is 0. The van der Waals surface area contributed by atoms with Crippen molar-refractivity contribution in [3.8, 4) is 5.75 Å². The van der Waals surface area contributed by atoms with Gasteiger partial charge in [0.2, 0.25) is 0 Å². The zero-order valence-electron chi connectivity index (χ0n) is 12.8. The third-order valence-electron chi connectivity index (χ3n) is 3.23. The molecule has 0 bridgehead atoms. The molecule has 0 saturated carbocycles. The van der Waals surface area contributed by atoms with Gasteiger partial charge in [-0.3, -0.25) is 4.79 Å². The Bertz CT molecular complexity index is 651. The van der Waals surface area contributed by atoms with Gasteiger partial charge in [0.1, 0.15) is 5.75 Å². The minimum Gasteiger partial charge on any atom is -0.495 e. The van der Waals surface area contributed by atoms with Crippen molar-refractivity contribution in [2.24, 2.45) is 0 Å². The maximum Gasteiger partial charge on any atom is 0.255 e. The zero-order valence-corrected chi connectivity index (χ0v) is 12.8. The number of nitrogens with zero attached hydrogens (tertiary/aromatic N) is 1. The number of aryl methyl sites for hydroxylation is 1. The van der Waals surface area contributed by atoms with Crippen molar-refractivity contribution in [2.75, 3.05) is 31.4 Å². The lowest BCUT2D eigenvalue weighted by molar-refractivity contribution is 0.102. The van der Waals surface area contributed by atoms with Crippen LogP contribution in [-0.2, 0) is 0 Å². The van der Waals surface area contributed by atoms with Crippen LogP contribution in [0.25, 0.3) is 0 Å². The smallest absolute Gasteiger partial charge is 0.255 e. The van der Waals surface area contributed by atoms with Crippen molar-refractivity contribution >= 4 is 17.3 Å². The molecule has 0 radical (unpaired) electrons. The van der Waals surface area contributed by atoms with Gasteiger partial charge in [-0.1, -0.05) is 12.1 Å². The molecule has 4 heteroatoms. The monoisotopic (exact) mass is 284 g/mol. The van der Waals surface area contributed by atoms with Gasteiger partial charge in [-0.2, -0.15) is 0 Å². The number of nitrogens with one attached hydrogen (secondary N) is 1. The first-order valence-electron chi connectivity index (χ1n) is 6.74. The predicted octanol–water partition coefficient (Wildman–Crippen LogP) is 3.32. The van der Waals surface area contributed by atoms with E-state index < -0.39 is 0 Å². The normalized spacial score (nSPS) is 10.1. The highest BCUT2D eigenvalue weighted by molar-refractivity contribution is 6.05. The molecule has 2 aromatic carbocycles. The first kappa shape index (κ1) is 14.9. The molecule has 4 nitrogen and oxygen atoms in total. The van der Waals surface area contributed by atoms with Crippen LogP contribution in [0.3, 0.4) is 0 Å². The van der Waals surface area contributed by atoms with Crippen LogP contribution in [0.5, 0.6) is 5.75 Å². The number of anilines is 2. The summed E-state index contributed by atoms with van der Waals surface area (Å²) in [5.41, 5.74) is 3.34. The highest BCUT2D eigenvalue weighted by atomic mass is 16.5. The average Bonchev–Trinajstić information content (AvgIpc) is 2.47. The average molecular weight is 284 g/mol. The quantitative estimate of drug-likeness (QED) is 0.936. The molecule has 21 heavy (non-hydrogen) atoms. The Morgan fingerprint density at radius 3 is 2.57 bits per heavy atom. The predicted molar refractivity (Wildman–Crippen MR) is 86.5 cm³/mol. The molecule has 0 heterocycles. The summed E-state index contributed by atoms with van der Waals surface area (Å²) in [6.45, 7) is 1.97. The molecule has 0 aliphatic carbocycles. The summed E-state index contributed by atoms with van der Waals surface area (Å²) in [6.07, 6.45) is 0. The molecule has 0 aliphatic heterocycles. The third-order valence-corrected chi connectivity index (χ3v) is 3.23. The van der Waals surface area contributed by atoms with Crippen molar-refractivity contribution in [2.45, 2.75) is 6.92 Å². The fraction of sp³-hybridized carbons (Fsp3) is 0.235. The molecule has 2 aromatic rings. The van der Waals surface area contributed by atoms with Gasteiger partial charge in [0.05, 0.1) is 12.8 Å². The van der Waals surface area contributed by atoms with Gasteiger partial charge in [0, 0.05) is 25.3 Å². The van der Waals surface area contributed by atoms with Crippen LogP contribution >= 0.6 is 0 Å². The highest BCUT2D eigenvalue weighted by Gasteiger charge is 2.11. The first-order chi connectivity index (χ1) is 10.0. The van der Waals surface area contributed by atoms with E-state index in [4.69, 9.17) is 4.74 Å². The lowest BCUT2D eigenvalue weighted by atomic mass is 10.1. The number of rotatable bonds is 4. The van der Waals surface area contributed by atoms with Crippen molar-refractivity contribution in [3.63, 3.8) is 0 Å². The first-order valence-corrected chi connectivity index (χ1v) is 6.74. The van der Waals surface area contributed by atoms with E-state index in [1.54, 1.807) is 13.2 Å². The van der Waals surface area contributed by atoms with E-state index in [1.807, 2.05) is 62.3 Å². The summed E-state index contributed by atoms with van der Waals surface area (Å²) in [7, 11) is 5.48. The summed E-state index contributed by atoms with van der Waals surface area (Å²) in [5.74, 6) is 0.500. The number of carbonyl (C=O) groups excluding carboxylic acids is 1. The van der Waals surface area contributed by atoms with Crippen LogP contribution in [0.1, 0.15) is 15.9 Å². The van der Waals surface area contributed by atoms with Crippen molar-refractivity contribution in [1.82, 2.24) is 0 Å². The van der Waals surface area contributed by atoms with Crippen LogP contribution in [-0.4, -0.2) is 27.1 Å². The second-order valence-corrected chi connectivity index (χ2v) is 5.10. The van der Waals surface area contributed by atoms with Crippen molar-refractivity contribution in [3.05, 3.63) is 53.6 Å². The van der Waals surface area contributed by atoms with Gasteiger partial charge >= 0.3 is 0 Å². The minimum absolute atomic E-state index is 0.150.